The van der Waals surface area contributed by atoms with E-state index in [0.717, 1.165) is 6.42 Å². The van der Waals surface area contributed by atoms with Crippen molar-refractivity contribution in [2.24, 2.45) is 0 Å². The van der Waals surface area contributed by atoms with Crippen molar-refractivity contribution >= 4 is 17.6 Å². The summed E-state index contributed by atoms with van der Waals surface area (Å²) >= 11 is 0. The second-order valence-electron chi connectivity index (χ2n) is 4.12. The predicted molar refractivity (Wildman–Crippen MR) is 62.5 cm³/mol. The Balaban J connectivity index is 2.23. The molecule has 17 heavy (non-hydrogen) atoms. The van der Waals surface area contributed by atoms with Crippen LogP contribution in [-0.4, -0.2) is 34.5 Å². The first-order valence-electron chi connectivity index (χ1n) is 5.49. The van der Waals surface area contributed by atoms with Crippen LogP contribution in [0, 0.1) is 0 Å². The molecule has 1 unspecified atom stereocenters. The van der Waals surface area contributed by atoms with Gasteiger partial charge in [0.15, 0.2) is 0 Å². The Morgan fingerprint density at radius 3 is 2.82 bits per heavy atom. The van der Waals surface area contributed by atoms with Crippen molar-refractivity contribution in [2.45, 2.75) is 18.9 Å². The largest absolute Gasteiger partial charge is 0.480 e. The molecule has 1 aromatic rings. The number of hydrogen-bond donors (Lipinski definition) is 2. The van der Waals surface area contributed by atoms with Crippen LogP contribution in [0.3, 0.4) is 0 Å². The molecule has 1 aromatic carbocycles. The monoisotopic (exact) mass is 234 g/mol. The average molecular weight is 234 g/mol. The number of likely N-dealkylation sites (tertiary alicyclic amines) is 1. The van der Waals surface area contributed by atoms with Crippen molar-refractivity contribution in [3.63, 3.8) is 0 Å². The van der Waals surface area contributed by atoms with Crippen LogP contribution in [0.4, 0.5) is 5.69 Å². The van der Waals surface area contributed by atoms with Gasteiger partial charge in [-0.05, 0) is 31.0 Å². The van der Waals surface area contributed by atoms with E-state index in [1.54, 1.807) is 24.3 Å². The second-order valence-corrected chi connectivity index (χ2v) is 4.12. The third kappa shape index (κ3) is 2.22. The van der Waals surface area contributed by atoms with Gasteiger partial charge in [0.25, 0.3) is 5.91 Å². The molecule has 0 bridgehead atoms. The molecule has 1 saturated heterocycles. The molecular weight excluding hydrogens is 220 g/mol. The van der Waals surface area contributed by atoms with E-state index in [1.807, 2.05) is 0 Å². The van der Waals surface area contributed by atoms with Crippen LogP contribution < -0.4 is 5.73 Å². The Bertz CT molecular complexity index is 459. The summed E-state index contributed by atoms with van der Waals surface area (Å²) in [4.78, 5) is 24.5. The van der Waals surface area contributed by atoms with Gasteiger partial charge in [-0.15, -0.1) is 0 Å². The molecule has 0 aliphatic carbocycles. The Morgan fingerprint density at radius 2 is 2.18 bits per heavy atom. The number of amides is 1. The maximum atomic E-state index is 12.1. The number of nitrogens with zero attached hydrogens (tertiary/aromatic N) is 1. The molecule has 0 saturated carbocycles. The maximum absolute atomic E-state index is 12.1. The van der Waals surface area contributed by atoms with E-state index in [0.29, 0.717) is 24.2 Å². The average Bonchev–Trinajstić information content (AvgIpc) is 2.77. The van der Waals surface area contributed by atoms with Crippen LogP contribution in [0.1, 0.15) is 23.2 Å². The highest BCUT2D eigenvalue weighted by atomic mass is 16.4. The molecule has 1 aliphatic heterocycles. The lowest BCUT2D eigenvalue weighted by molar-refractivity contribution is -0.141. The molecule has 5 nitrogen and oxygen atoms in total. The number of aliphatic carboxylic acids is 1. The highest BCUT2D eigenvalue weighted by molar-refractivity contribution is 5.97. The van der Waals surface area contributed by atoms with Crippen LogP contribution >= 0.6 is 0 Å². The van der Waals surface area contributed by atoms with Gasteiger partial charge in [0, 0.05) is 17.8 Å². The summed E-state index contributed by atoms with van der Waals surface area (Å²) in [5.74, 6) is -1.21. The van der Waals surface area contributed by atoms with E-state index >= 15 is 0 Å². The topological polar surface area (TPSA) is 83.6 Å². The van der Waals surface area contributed by atoms with Gasteiger partial charge < -0.3 is 15.7 Å². The zero-order chi connectivity index (χ0) is 12.4. The molecule has 5 heteroatoms. The van der Waals surface area contributed by atoms with Gasteiger partial charge in [0.1, 0.15) is 6.04 Å². The quantitative estimate of drug-likeness (QED) is 0.746. The summed E-state index contributed by atoms with van der Waals surface area (Å²) < 4.78 is 0. The zero-order valence-electron chi connectivity index (χ0n) is 9.30. The smallest absolute Gasteiger partial charge is 0.326 e. The van der Waals surface area contributed by atoms with Crippen LogP contribution in [0.5, 0.6) is 0 Å². The van der Waals surface area contributed by atoms with Crippen molar-refractivity contribution in [3.05, 3.63) is 29.8 Å². The lowest BCUT2D eigenvalue weighted by Crippen LogP contribution is -2.40. The van der Waals surface area contributed by atoms with Crippen molar-refractivity contribution in [1.29, 1.82) is 0 Å². The summed E-state index contributed by atoms with van der Waals surface area (Å²) in [5, 5.41) is 9.02. The summed E-state index contributed by atoms with van der Waals surface area (Å²) in [6.07, 6.45) is 1.24. The summed E-state index contributed by atoms with van der Waals surface area (Å²) in [7, 11) is 0. The van der Waals surface area contributed by atoms with E-state index < -0.39 is 12.0 Å². The van der Waals surface area contributed by atoms with Gasteiger partial charge in [0.05, 0.1) is 0 Å². The lowest BCUT2D eigenvalue weighted by atomic mass is 10.1. The van der Waals surface area contributed by atoms with Gasteiger partial charge in [-0.2, -0.15) is 0 Å². The molecule has 2 rings (SSSR count). The van der Waals surface area contributed by atoms with Crippen molar-refractivity contribution in [3.8, 4) is 0 Å². The number of carboxylic acid groups (broad SMARTS) is 1. The number of rotatable bonds is 2. The number of nitrogens with two attached hydrogens (primary N) is 1. The molecule has 1 heterocycles. The van der Waals surface area contributed by atoms with Gasteiger partial charge in [-0.25, -0.2) is 4.79 Å². The van der Waals surface area contributed by atoms with E-state index in [-0.39, 0.29) is 5.91 Å². The molecule has 0 spiro atoms. The number of anilines is 1. The Kier molecular flexibility index (Phi) is 2.99. The Morgan fingerprint density at radius 1 is 1.41 bits per heavy atom. The molecule has 0 radical (unpaired) electrons. The van der Waals surface area contributed by atoms with Crippen molar-refractivity contribution in [2.75, 3.05) is 12.3 Å². The van der Waals surface area contributed by atoms with E-state index in [9.17, 15) is 9.59 Å². The SMILES string of the molecule is Nc1cccc(C(=O)N2CCCC2C(=O)O)c1. The van der Waals surface area contributed by atoms with Gasteiger partial charge in [0.2, 0.25) is 0 Å². The van der Waals surface area contributed by atoms with Crippen molar-refractivity contribution in [1.82, 2.24) is 4.90 Å². The fraction of sp³-hybridized carbons (Fsp3) is 0.333. The predicted octanol–water partition coefficient (Wildman–Crippen LogP) is 0.958. The van der Waals surface area contributed by atoms with Gasteiger partial charge in [-0.3, -0.25) is 4.79 Å². The molecule has 0 aromatic heterocycles. The number of nitrogen functional groups attached to an aromatic ring is 1. The fourth-order valence-electron chi connectivity index (χ4n) is 2.10. The van der Waals surface area contributed by atoms with Crippen LogP contribution in [0.25, 0.3) is 0 Å². The van der Waals surface area contributed by atoms with Gasteiger partial charge in [-0.1, -0.05) is 6.07 Å². The second kappa shape index (κ2) is 4.45. The number of carbonyl (C=O) groups excluding carboxylic acids is 1. The maximum Gasteiger partial charge on any atom is 0.326 e. The molecule has 1 atom stereocenters. The summed E-state index contributed by atoms with van der Waals surface area (Å²) in [6.45, 7) is 0.491. The molecule has 90 valence electrons. The van der Waals surface area contributed by atoms with Crippen LogP contribution in [0.15, 0.2) is 24.3 Å². The zero-order valence-corrected chi connectivity index (χ0v) is 9.30. The van der Waals surface area contributed by atoms with E-state index in [4.69, 9.17) is 10.8 Å². The lowest BCUT2D eigenvalue weighted by Gasteiger charge is -2.21. The number of hydrogen-bond acceptors (Lipinski definition) is 3. The van der Waals surface area contributed by atoms with Crippen LogP contribution in [0.2, 0.25) is 0 Å². The fourth-order valence-corrected chi connectivity index (χ4v) is 2.10. The van der Waals surface area contributed by atoms with Crippen LogP contribution in [-0.2, 0) is 4.79 Å². The minimum absolute atomic E-state index is 0.262. The highest BCUT2D eigenvalue weighted by Gasteiger charge is 2.34. The molecule has 3 N–H and O–H groups in total. The number of benzene rings is 1. The van der Waals surface area contributed by atoms with E-state index in [2.05, 4.69) is 0 Å². The first-order chi connectivity index (χ1) is 8.09. The first-order valence-corrected chi connectivity index (χ1v) is 5.49. The van der Waals surface area contributed by atoms with Crippen molar-refractivity contribution < 1.29 is 14.7 Å². The summed E-state index contributed by atoms with van der Waals surface area (Å²) in [5.41, 5.74) is 6.55. The minimum atomic E-state index is -0.945. The summed E-state index contributed by atoms with van der Waals surface area (Å²) in [6, 6.07) is 5.89. The highest BCUT2D eigenvalue weighted by Crippen LogP contribution is 2.21. The third-order valence-corrected chi connectivity index (χ3v) is 2.93. The number of carboxylic acids is 1. The molecular formula is C12H14N2O3. The Hall–Kier alpha value is -2.04. The Labute approximate surface area is 98.8 Å². The first kappa shape index (κ1) is 11.4. The molecule has 1 aliphatic rings. The standard InChI is InChI=1S/C12H14N2O3/c13-9-4-1-3-8(7-9)11(15)14-6-2-5-10(14)12(16)17/h1,3-4,7,10H,2,5-6,13H2,(H,16,17). The molecule has 1 amide bonds. The van der Waals surface area contributed by atoms with E-state index in [1.165, 1.54) is 4.90 Å². The number of carbonyl (C=O) groups is 2. The molecule has 1 fully saturated rings. The van der Waals surface area contributed by atoms with Gasteiger partial charge >= 0.3 is 5.97 Å². The minimum Gasteiger partial charge on any atom is -0.480 e. The normalized spacial score (nSPS) is 19.3. The third-order valence-electron chi connectivity index (χ3n) is 2.93.